The summed E-state index contributed by atoms with van der Waals surface area (Å²) >= 11 is 7.53. The Morgan fingerprint density at radius 3 is 2.65 bits per heavy atom. The zero-order chi connectivity index (χ0) is 17.0. The van der Waals surface area contributed by atoms with Crippen LogP contribution in [0.15, 0.2) is 29.6 Å². The largest absolute Gasteiger partial charge is 0.480 e. The van der Waals surface area contributed by atoms with Gasteiger partial charge >= 0.3 is 5.97 Å². The van der Waals surface area contributed by atoms with Crippen LogP contribution in [0.1, 0.15) is 19.5 Å². The maximum Gasteiger partial charge on any atom is 0.326 e. The van der Waals surface area contributed by atoms with Gasteiger partial charge in [-0.15, -0.1) is 11.3 Å². The maximum atomic E-state index is 12.0. The van der Waals surface area contributed by atoms with Crippen molar-refractivity contribution >= 4 is 34.8 Å². The van der Waals surface area contributed by atoms with E-state index in [0.717, 1.165) is 10.6 Å². The number of benzene rings is 1. The van der Waals surface area contributed by atoms with Crippen molar-refractivity contribution in [3.05, 3.63) is 40.4 Å². The summed E-state index contributed by atoms with van der Waals surface area (Å²) in [5, 5.41) is 14.7. The Hall–Kier alpha value is -1.92. The molecule has 1 heterocycles. The lowest BCUT2D eigenvalue weighted by Crippen LogP contribution is -2.44. The van der Waals surface area contributed by atoms with Crippen LogP contribution >= 0.6 is 22.9 Å². The quantitative estimate of drug-likeness (QED) is 0.836. The molecule has 2 N–H and O–H groups in total. The number of aromatic nitrogens is 1. The van der Waals surface area contributed by atoms with Crippen LogP contribution in [0.5, 0.6) is 0 Å². The van der Waals surface area contributed by atoms with E-state index in [1.54, 1.807) is 25.3 Å². The van der Waals surface area contributed by atoms with Crippen molar-refractivity contribution in [1.29, 1.82) is 0 Å². The first-order chi connectivity index (χ1) is 10.9. The van der Waals surface area contributed by atoms with E-state index < -0.39 is 12.0 Å². The highest BCUT2D eigenvalue weighted by Crippen LogP contribution is 2.30. The first-order valence-electron chi connectivity index (χ1n) is 7.10. The average molecular weight is 353 g/mol. The predicted molar refractivity (Wildman–Crippen MR) is 90.7 cm³/mol. The van der Waals surface area contributed by atoms with E-state index in [2.05, 4.69) is 10.3 Å². The molecule has 2 aromatic rings. The number of hydrogen-bond donors (Lipinski definition) is 2. The Morgan fingerprint density at radius 1 is 1.35 bits per heavy atom. The summed E-state index contributed by atoms with van der Waals surface area (Å²) in [5.41, 5.74) is 1.41. The number of carbonyl (C=O) groups is 2. The number of rotatable bonds is 6. The first-order valence-corrected chi connectivity index (χ1v) is 8.35. The molecule has 122 valence electrons. The molecule has 0 spiro atoms. The number of halogens is 1. The van der Waals surface area contributed by atoms with Gasteiger partial charge in [-0.3, -0.25) is 4.79 Å². The molecule has 2 rings (SSSR count). The summed E-state index contributed by atoms with van der Waals surface area (Å²) in [4.78, 5) is 27.5. The first kappa shape index (κ1) is 17.4. The summed E-state index contributed by atoms with van der Waals surface area (Å²) < 4.78 is 0. The average Bonchev–Trinajstić information content (AvgIpc) is 2.92. The summed E-state index contributed by atoms with van der Waals surface area (Å²) in [6.07, 6.45) is 0.0391. The van der Waals surface area contributed by atoms with E-state index in [0.29, 0.717) is 10.7 Å². The minimum atomic E-state index is -1.04. The van der Waals surface area contributed by atoms with Crippen LogP contribution in [0, 0.1) is 5.92 Å². The van der Waals surface area contributed by atoms with Gasteiger partial charge in [-0.2, -0.15) is 0 Å². The van der Waals surface area contributed by atoms with E-state index in [9.17, 15) is 9.59 Å². The second-order valence-corrected chi connectivity index (χ2v) is 6.69. The molecule has 0 saturated carbocycles. The van der Waals surface area contributed by atoms with Crippen LogP contribution in [-0.2, 0) is 16.0 Å². The summed E-state index contributed by atoms with van der Waals surface area (Å²) in [6.45, 7) is 3.49. The van der Waals surface area contributed by atoms with Crippen molar-refractivity contribution in [2.75, 3.05) is 0 Å². The fourth-order valence-electron chi connectivity index (χ4n) is 2.05. The van der Waals surface area contributed by atoms with Crippen LogP contribution in [-0.4, -0.2) is 28.0 Å². The van der Waals surface area contributed by atoms with E-state index >= 15 is 0 Å². The Bertz CT molecular complexity index is 715. The molecule has 1 atom stereocenters. The van der Waals surface area contributed by atoms with Gasteiger partial charge < -0.3 is 10.4 Å². The second kappa shape index (κ2) is 7.57. The molecule has 1 aromatic heterocycles. The highest BCUT2D eigenvalue weighted by molar-refractivity contribution is 7.13. The molecule has 0 radical (unpaired) electrons. The summed E-state index contributed by atoms with van der Waals surface area (Å²) in [6, 6.07) is 6.46. The van der Waals surface area contributed by atoms with Crippen LogP contribution in [0.25, 0.3) is 10.6 Å². The normalized spacial score (nSPS) is 12.2. The third kappa shape index (κ3) is 4.53. The van der Waals surface area contributed by atoms with Crippen molar-refractivity contribution < 1.29 is 14.7 Å². The van der Waals surface area contributed by atoms with Crippen molar-refractivity contribution in [3.63, 3.8) is 0 Å². The van der Waals surface area contributed by atoms with Crippen molar-refractivity contribution in [2.24, 2.45) is 5.92 Å². The van der Waals surface area contributed by atoms with Crippen molar-refractivity contribution in [1.82, 2.24) is 10.3 Å². The Kier molecular flexibility index (Phi) is 5.74. The van der Waals surface area contributed by atoms with Gasteiger partial charge in [0.2, 0.25) is 5.91 Å². The van der Waals surface area contributed by atoms with Gasteiger partial charge in [0.05, 0.1) is 17.1 Å². The highest BCUT2D eigenvalue weighted by atomic mass is 35.5. The lowest BCUT2D eigenvalue weighted by atomic mass is 10.0. The fourth-order valence-corrected chi connectivity index (χ4v) is 3.19. The molecule has 23 heavy (non-hydrogen) atoms. The molecule has 1 aromatic carbocycles. The smallest absolute Gasteiger partial charge is 0.326 e. The van der Waals surface area contributed by atoms with Gasteiger partial charge in [-0.25, -0.2) is 9.78 Å². The molecule has 0 bridgehead atoms. The molecule has 0 aliphatic heterocycles. The third-order valence-electron chi connectivity index (χ3n) is 3.25. The van der Waals surface area contributed by atoms with Gasteiger partial charge in [-0.05, 0) is 12.0 Å². The van der Waals surface area contributed by atoms with Crippen LogP contribution in [0.3, 0.4) is 0 Å². The zero-order valence-electron chi connectivity index (χ0n) is 12.7. The maximum absolute atomic E-state index is 12.0. The number of carboxylic acid groups (broad SMARTS) is 1. The summed E-state index contributed by atoms with van der Waals surface area (Å²) in [5.74, 6) is -1.59. The molecular weight excluding hydrogens is 336 g/mol. The van der Waals surface area contributed by atoms with E-state index in [1.165, 1.54) is 11.3 Å². The minimum absolute atomic E-state index is 0.0391. The van der Waals surface area contributed by atoms with E-state index in [1.807, 2.05) is 18.2 Å². The van der Waals surface area contributed by atoms with Crippen LogP contribution in [0.2, 0.25) is 5.02 Å². The van der Waals surface area contributed by atoms with Gasteiger partial charge in [0.1, 0.15) is 11.0 Å². The number of aliphatic carboxylic acids is 1. The van der Waals surface area contributed by atoms with Gasteiger partial charge in [0.25, 0.3) is 0 Å². The third-order valence-corrected chi connectivity index (χ3v) is 4.50. The molecule has 0 fully saturated rings. The number of amides is 1. The van der Waals surface area contributed by atoms with Crippen molar-refractivity contribution in [3.8, 4) is 10.6 Å². The summed E-state index contributed by atoms with van der Waals surface area (Å²) in [7, 11) is 0. The molecular formula is C16H17ClN2O3S. The molecule has 7 heteroatoms. The topological polar surface area (TPSA) is 79.3 Å². The molecule has 0 saturated heterocycles. The SMILES string of the molecule is CC(C)[C@@H](NC(=O)Cc1csc(-c2ccccc2Cl)n1)C(=O)O. The second-order valence-electron chi connectivity index (χ2n) is 5.43. The van der Waals surface area contributed by atoms with E-state index in [4.69, 9.17) is 16.7 Å². The minimum Gasteiger partial charge on any atom is -0.480 e. The Morgan fingerprint density at radius 2 is 2.04 bits per heavy atom. The Labute approximate surface area is 143 Å². The zero-order valence-corrected chi connectivity index (χ0v) is 14.3. The van der Waals surface area contributed by atoms with Gasteiger partial charge in [0, 0.05) is 10.9 Å². The predicted octanol–water partition coefficient (Wildman–Crippen LogP) is 3.23. The number of hydrogen-bond acceptors (Lipinski definition) is 4. The number of carboxylic acids is 1. The molecule has 5 nitrogen and oxygen atoms in total. The lowest BCUT2D eigenvalue weighted by Gasteiger charge is -2.17. The number of nitrogens with zero attached hydrogens (tertiary/aromatic N) is 1. The molecule has 1 amide bonds. The van der Waals surface area contributed by atoms with Crippen LogP contribution in [0.4, 0.5) is 0 Å². The number of thiazole rings is 1. The fraction of sp³-hybridized carbons (Fsp3) is 0.312. The standard InChI is InChI=1S/C16H17ClN2O3S/c1-9(2)14(16(21)22)19-13(20)7-10-8-23-15(18-10)11-5-3-4-6-12(11)17/h3-6,8-9,14H,7H2,1-2H3,(H,19,20)(H,21,22)/t14-/m1/s1. The molecule has 0 unspecified atom stereocenters. The Balaban J connectivity index is 2.06. The van der Waals surface area contributed by atoms with E-state index in [-0.39, 0.29) is 18.2 Å². The van der Waals surface area contributed by atoms with Gasteiger partial charge in [0.15, 0.2) is 0 Å². The highest BCUT2D eigenvalue weighted by Gasteiger charge is 2.23. The van der Waals surface area contributed by atoms with Gasteiger partial charge in [-0.1, -0.05) is 43.6 Å². The van der Waals surface area contributed by atoms with Crippen LogP contribution < -0.4 is 5.32 Å². The number of carbonyl (C=O) groups excluding carboxylic acids is 1. The molecule has 0 aliphatic carbocycles. The molecule has 0 aliphatic rings. The van der Waals surface area contributed by atoms with Crippen molar-refractivity contribution in [2.45, 2.75) is 26.3 Å². The number of nitrogens with one attached hydrogen (secondary N) is 1. The lowest BCUT2D eigenvalue weighted by molar-refractivity contribution is -0.143. The monoisotopic (exact) mass is 352 g/mol.